The predicted molar refractivity (Wildman–Crippen MR) is 128 cm³/mol. The van der Waals surface area contributed by atoms with Gasteiger partial charge in [-0.25, -0.2) is 0 Å². The van der Waals surface area contributed by atoms with Crippen molar-refractivity contribution in [3.05, 3.63) is 95.8 Å². The second-order valence-electron chi connectivity index (χ2n) is 7.62. The Hall–Kier alpha value is -2.67. The van der Waals surface area contributed by atoms with Crippen LogP contribution in [-0.2, 0) is 11.3 Å². The van der Waals surface area contributed by atoms with Gasteiger partial charge in [-0.15, -0.1) is 0 Å². The molecule has 5 nitrogen and oxygen atoms in total. The number of hydrogen-bond acceptors (Lipinski definition) is 5. The molecular formula is C25H28N4OS. The molecule has 1 aliphatic heterocycles. The van der Waals surface area contributed by atoms with E-state index in [2.05, 4.69) is 32.7 Å². The van der Waals surface area contributed by atoms with Crippen LogP contribution in [-0.4, -0.2) is 46.9 Å². The van der Waals surface area contributed by atoms with E-state index in [-0.39, 0.29) is 18.5 Å². The largest absolute Gasteiger partial charge is 0.325 e. The number of hydrogen-bond donors (Lipinski definition) is 2. The van der Waals surface area contributed by atoms with Crippen molar-refractivity contribution in [1.29, 1.82) is 0 Å². The fourth-order valence-corrected chi connectivity index (χ4v) is 4.73. The van der Waals surface area contributed by atoms with Crippen molar-refractivity contribution in [3.63, 3.8) is 0 Å². The molecule has 1 aliphatic rings. The predicted octanol–water partition coefficient (Wildman–Crippen LogP) is 3.95. The number of nitrogens with zero attached hydrogens (tertiary/aromatic N) is 2. The molecule has 2 heterocycles. The number of anilines is 1. The van der Waals surface area contributed by atoms with Gasteiger partial charge in [-0.05, 0) is 35.4 Å². The molecule has 31 heavy (non-hydrogen) atoms. The number of aromatic nitrogens is 1. The third-order valence-corrected chi connectivity index (χ3v) is 6.25. The third-order valence-electron chi connectivity index (χ3n) is 5.30. The highest BCUT2D eigenvalue weighted by Crippen LogP contribution is 2.20. The Balaban J connectivity index is 1.37. The summed E-state index contributed by atoms with van der Waals surface area (Å²) < 4.78 is 0. The lowest BCUT2D eigenvalue weighted by molar-refractivity contribution is -0.115. The van der Waals surface area contributed by atoms with Gasteiger partial charge in [-0.3, -0.25) is 20.0 Å². The highest BCUT2D eigenvalue weighted by Gasteiger charge is 2.16. The number of nitrogens with one attached hydrogen (secondary N) is 2. The molecule has 1 amide bonds. The van der Waals surface area contributed by atoms with Gasteiger partial charge in [-0.2, -0.15) is 11.8 Å². The zero-order valence-electron chi connectivity index (χ0n) is 17.5. The fraction of sp³-hybridized carbons (Fsp3) is 0.280. The van der Waals surface area contributed by atoms with E-state index in [9.17, 15) is 4.79 Å². The van der Waals surface area contributed by atoms with E-state index in [1.807, 2.05) is 72.4 Å². The zero-order valence-corrected chi connectivity index (χ0v) is 18.4. The summed E-state index contributed by atoms with van der Waals surface area (Å²) in [5.41, 5.74) is 4.04. The van der Waals surface area contributed by atoms with Gasteiger partial charge in [0.05, 0.1) is 18.3 Å². The average Bonchev–Trinajstić information content (AvgIpc) is 2.81. The lowest BCUT2D eigenvalue weighted by Gasteiger charge is -2.26. The summed E-state index contributed by atoms with van der Waals surface area (Å²) in [6.45, 7) is 3.38. The van der Waals surface area contributed by atoms with E-state index in [1.54, 1.807) is 6.20 Å². The Morgan fingerprint density at radius 2 is 1.81 bits per heavy atom. The van der Waals surface area contributed by atoms with Crippen molar-refractivity contribution >= 4 is 23.4 Å². The minimum Gasteiger partial charge on any atom is -0.325 e. The SMILES string of the molecule is O=C(CNC(c1ccccc1)c1ccccn1)Nc1cccc(CN2CCSCC2)c1. The topological polar surface area (TPSA) is 57.3 Å². The molecule has 0 bridgehead atoms. The normalized spacial score (nSPS) is 15.4. The Kier molecular flexibility index (Phi) is 7.71. The molecule has 0 spiro atoms. The second-order valence-corrected chi connectivity index (χ2v) is 8.84. The lowest BCUT2D eigenvalue weighted by Crippen LogP contribution is -2.32. The van der Waals surface area contributed by atoms with E-state index in [0.29, 0.717) is 0 Å². The Morgan fingerprint density at radius 1 is 1.00 bits per heavy atom. The molecule has 1 saturated heterocycles. The molecule has 0 radical (unpaired) electrons. The number of carbonyl (C=O) groups is 1. The van der Waals surface area contributed by atoms with E-state index < -0.39 is 0 Å². The first kappa shape index (κ1) is 21.6. The van der Waals surface area contributed by atoms with Crippen LogP contribution in [0.4, 0.5) is 5.69 Å². The fourth-order valence-electron chi connectivity index (χ4n) is 3.75. The number of amides is 1. The van der Waals surface area contributed by atoms with Gasteiger partial charge in [-0.1, -0.05) is 48.5 Å². The van der Waals surface area contributed by atoms with E-state index in [0.717, 1.165) is 36.6 Å². The van der Waals surface area contributed by atoms with Crippen molar-refractivity contribution in [2.75, 3.05) is 36.5 Å². The van der Waals surface area contributed by atoms with Crippen LogP contribution >= 0.6 is 11.8 Å². The molecule has 2 N–H and O–H groups in total. The quantitative estimate of drug-likeness (QED) is 0.565. The van der Waals surface area contributed by atoms with Crippen LogP contribution in [0.25, 0.3) is 0 Å². The summed E-state index contributed by atoms with van der Waals surface area (Å²) in [5.74, 6) is 2.32. The van der Waals surface area contributed by atoms with Crippen molar-refractivity contribution in [1.82, 2.24) is 15.2 Å². The summed E-state index contributed by atoms with van der Waals surface area (Å²) in [5, 5.41) is 6.40. The third kappa shape index (κ3) is 6.40. The second kappa shape index (κ2) is 11.1. The molecule has 0 saturated carbocycles. The zero-order chi connectivity index (χ0) is 21.3. The van der Waals surface area contributed by atoms with Gasteiger partial charge in [0.1, 0.15) is 0 Å². The van der Waals surface area contributed by atoms with Crippen molar-refractivity contribution in [3.8, 4) is 0 Å². The van der Waals surface area contributed by atoms with Gasteiger partial charge >= 0.3 is 0 Å². The minimum atomic E-state index is -0.142. The molecule has 160 valence electrons. The first-order valence-corrected chi connectivity index (χ1v) is 11.8. The van der Waals surface area contributed by atoms with Crippen molar-refractivity contribution in [2.45, 2.75) is 12.6 Å². The number of benzene rings is 2. The van der Waals surface area contributed by atoms with Crippen LogP contribution in [0.1, 0.15) is 22.9 Å². The van der Waals surface area contributed by atoms with Crippen LogP contribution < -0.4 is 10.6 Å². The molecule has 2 aromatic carbocycles. The van der Waals surface area contributed by atoms with Gasteiger partial charge in [0.2, 0.25) is 5.91 Å². The monoisotopic (exact) mass is 432 g/mol. The summed E-state index contributed by atoms with van der Waals surface area (Å²) in [6.07, 6.45) is 1.78. The standard InChI is InChI=1S/C25H28N4OS/c30-24(28-22-10-6-7-20(17-22)19-29-13-15-31-16-14-29)18-27-25(21-8-2-1-3-9-21)23-11-4-5-12-26-23/h1-12,17,25,27H,13-16,18-19H2,(H,28,30). The van der Waals surface area contributed by atoms with Crippen molar-refractivity contribution in [2.24, 2.45) is 0 Å². The van der Waals surface area contributed by atoms with Crippen LogP contribution in [0.5, 0.6) is 0 Å². The lowest BCUT2D eigenvalue weighted by atomic mass is 10.0. The van der Waals surface area contributed by atoms with E-state index in [1.165, 1.54) is 17.1 Å². The van der Waals surface area contributed by atoms with E-state index >= 15 is 0 Å². The van der Waals surface area contributed by atoms with Gasteiger partial charge in [0.15, 0.2) is 0 Å². The Bertz CT molecular complexity index is 922. The first-order valence-electron chi connectivity index (χ1n) is 10.7. The highest BCUT2D eigenvalue weighted by molar-refractivity contribution is 7.99. The summed E-state index contributed by atoms with van der Waals surface area (Å²) in [6, 6.07) is 23.9. The number of thioether (sulfide) groups is 1. The van der Waals surface area contributed by atoms with Crippen molar-refractivity contribution < 1.29 is 4.79 Å². The van der Waals surface area contributed by atoms with Crippen LogP contribution in [0, 0.1) is 0 Å². The van der Waals surface area contributed by atoms with Gasteiger partial charge in [0, 0.05) is 43.0 Å². The van der Waals surface area contributed by atoms with Crippen LogP contribution in [0.15, 0.2) is 79.0 Å². The molecule has 1 aromatic heterocycles. The smallest absolute Gasteiger partial charge is 0.238 e. The summed E-state index contributed by atoms with van der Waals surface area (Å²) in [4.78, 5) is 19.6. The number of rotatable bonds is 8. The molecule has 1 fully saturated rings. The Morgan fingerprint density at radius 3 is 2.58 bits per heavy atom. The molecular weight excluding hydrogens is 404 g/mol. The maximum absolute atomic E-state index is 12.7. The molecule has 4 rings (SSSR count). The summed E-state index contributed by atoms with van der Waals surface area (Å²) in [7, 11) is 0. The highest BCUT2D eigenvalue weighted by atomic mass is 32.2. The first-order chi connectivity index (χ1) is 15.3. The van der Waals surface area contributed by atoms with Crippen LogP contribution in [0.3, 0.4) is 0 Å². The Labute approximate surface area is 188 Å². The maximum Gasteiger partial charge on any atom is 0.238 e. The minimum absolute atomic E-state index is 0.0663. The molecule has 1 atom stereocenters. The maximum atomic E-state index is 12.7. The summed E-state index contributed by atoms with van der Waals surface area (Å²) >= 11 is 2.02. The van der Waals surface area contributed by atoms with Gasteiger partial charge < -0.3 is 5.32 Å². The molecule has 1 unspecified atom stereocenters. The van der Waals surface area contributed by atoms with Gasteiger partial charge in [0.25, 0.3) is 0 Å². The molecule has 0 aliphatic carbocycles. The molecule has 3 aromatic rings. The number of carbonyl (C=O) groups excluding carboxylic acids is 1. The average molecular weight is 433 g/mol. The molecule has 6 heteroatoms. The number of pyridine rings is 1. The van der Waals surface area contributed by atoms with E-state index in [4.69, 9.17) is 0 Å². The van der Waals surface area contributed by atoms with Crippen LogP contribution in [0.2, 0.25) is 0 Å².